The number of hydrogen-bond acceptors (Lipinski definition) is 2. The molecule has 1 atom stereocenters. The van der Waals surface area contributed by atoms with Gasteiger partial charge in [-0.3, -0.25) is 4.57 Å². The molecule has 108 valence electrons. The van der Waals surface area contributed by atoms with Crippen LogP contribution in [0.2, 0.25) is 0 Å². The van der Waals surface area contributed by atoms with Gasteiger partial charge in [-0.25, -0.2) is 0 Å². The molecule has 4 aliphatic carbocycles. The number of aryl methyl sites for hydroxylation is 1. The van der Waals surface area contributed by atoms with E-state index in [1.807, 2.05) is 31.2 Å². The average Bonchev–Trinajstić information content (AvgIpc) is 2.36. The molecule has 0 aromatic heterocycles. The van der Waals surface area contributed by atoms with Crippen LogP contribution >= 0.6 is 8.03 Å². The van der Waals surface area contributed by atoms with Crippen molar-refractivity contribution >= 4 is 13.3 Å². The van der Waals surface area contributed by atoms with E-state index in [-0.39, 0.29) is 5.60 Å². The summed E-state index contributed by atoms with van der Waals surface area (Å²) < 4.78 is 19.0. The lowest BCUT2D eigenvalue weighted by molar-refractivity contribution is -0.103. The maximum Gasteiger partial charge on any atom is 0.221 e. The smallest absolute Gasteiger partial charge is 0.221 e. The van der Waals surface area contributed by atoms with E-state index in [1.165, 1.54) is 19.3 Å². The fourth-order valence-corrected chi connectivity index (χ4v) is 6.60. The molecule has 1 aromatic rings. The van der Waals surface area contributed by atoms with Crippen molar-refractivity contribution in [2.75, 3.05) is 0 Å². The lowest BCUT2D eigenvalue weighted by Crippen LogP contribution is -2.51. The Morgan fingerprint density at radius 1 is 1.05 bits per heavy atom. The second kappa shape index (κ2) is 4.71. The summed E-state index contributed by atoms with van der Waals surface area (Å²) in [5.74, 6) is 2.52. The fraction of sp³-hybridized carbons (Fsp3) is 0.647. The largest absolute Gasteiger partial charge is 0.321 e. The molecule has 4 saturated carbocycles. The first-order valence-electron chi connectivity index (χ1n) is 7.92. The number of hydrogen-bond donors (Lipinski definition) is 0. The molecule has 4 bridgehead atoms. The van der Waals surface area contributed by atoms with Crippen LogP contribution in [0.1, 0.15) is 44.1 Å². The number of benzene rings is 1. The van der Waals surface area contributed by atoms with E-state index in [4.69, 9.17) is 4.52 Å². The topological polar surface area (TPSA) is 26.3 Å². The van der Waals surface area contributed by atoms with E-state index < -0.39 is 8.03 Å². The molecule has 0 N–H and O–H groups in total. The van der Waals surface area contributed by atoms with Crippen LogP contribution in [-0.2, 0) is 9.09 Å². The first-order valence-corrected chi connectivity index (χ1v) is 9.24. The highest BCUT2D eigenvalue weighted by molar-refractivity contribution is 7.48. The Morgan fingerprint density at radius 2 is 1.60 bits per heavy atom. The lowest BCUT2D eigenvalue weighted by atomic mass is 9.54. The van der Waals surface area contributed by atoms with Gasteiger partial charge in [0.25, 0.3) is 0 Å². The minimum atomic E-state index is -2.11. The minimum Gasteiger partial charge on any atom is -0.321 e. The van der Waals surface area contributed by atoms with Gasteiger partial charge in [0.15, 0.2) is 0 Å². The van der Waals surface area contributed by atoms with Gasteiger partial charge in [0.1, 0.15) is 0 Å². The maximum absolute atomic E-state index is 12.7. The molecule has 2 nitrogen and oxygen atoms in total. The van der Waals surface area contributed by atoms with E-state index in [2.05, 4.69) is 0 Å². The van der Waals surface area contributed by atoms with Crippen molar-refractivity contribution in [3.05, 3.63) is 29.8 Å². The molecule has 0 amide bonds. The van der Waals surface area contributed by atoms with Gasteiger partial charge in [-0.05, 0) is 74.8 Å². The summed E-state index contributed by atoms with van der Waals surface area (Å²) >= 11 is 0. The quantitative estimate of drug-likeness (QED) is 0.784. The zero-order valence-electron chi connectivity index (χ0n) is 12.1. The summed E-state index contributed by atoms with van der Waals surface area (Å²) in [6.45, 7) is 2.03. The first-order chi connectivity index (χ1) is 9.63. The highest BCUT2D eigenvalue weighted by Gasteiger charge is 2.52. The summed E-state index contributed by atoms with van der Waals surface area (Å²) in [6, 6.07) is 7.96. The molecule has 20 heavy (non-hydrogen) atoms. The van der Waals surface area contributed by atoms with Crippen molar-refractivity contribution in [1.82, 2.24) is 0 Å². The van der Waals surface area contributed by atoms with Gasteiger partial charge in [0, 0.05) is 5.30 Å². The van der Waals surface area contributed by atoms with E-state index in [1.54, 1.807) is 0 Å². The van der Waals surface area contributed by atoms with Crippen molar-refractivity contribution < 1.29 is 9.09 Å². The minimum absolute atomic E-state index is 0.0485. The normalized spacial score (nSPS) is 40.0. The molecule has 1 unspecified atom stereocenters. The van der Waals surface area contributed by atoms with Crippen LogP contribution in [0.25, 0.3) is 0 Å². The average molecular weight is 290 g/mol. The third-order valence-corrected chi connectivity index (χ3v) is 7.28. The Balaban J connectivity index is 1.57. The van der Waals surface area contributed by atoms with Crippen molar-refractivity contribution in [3.8, 4) is 0 Å². The van der Waals surface area contributed by atoms with Gasteiger partial charge in [-0.1, -0.05) is 18.2 Å². The van der Waals surface area contributed by atoms with E-state index >= 15 is 0 Å². The van der Waals surface area contributed by atoms with Crippen molar-refractivity contribution in [2.45, 2.75) is 51.0 Å². The van der Waals surface area contributed by atoms with E-state index in [0.717, 1.165) is 47.9 Å². The van der Waals surface area contributed by atoms with Gasteiger partial charge >= 0.3 is 0 Å². The van der Waals surface area contributed by atoms with E-state index in [0.29, 0.717) is 0 Å². The Kier molecular flexibility index (Phi) is 3.09. The predicted octanol–water partition coefficient (Wildman–Crippen LogP) is 4.08. The summed E-state index contributed by atoms with van der Waals surface area (Å²) in [4.78, 5) is 0. The molecule has 0 saturated heterocycles. The molecule has 4 aliphatic rings. The molecule has 0 aliphatic heterocycles. The molecule has 3 heteroatoms. The van der Waals surface area contributed by atoms with Crippen LogP contribution in [0.5, 0.6) is 0 Å². The van der Waals surface area contributed by atoms with Gasteiger partial charge in [0.2, 0.25) is 8.03 Å². The third-order valence-electron chi connectivity index (χ3n) is 5.66. The number of rotatable bonds is 3. The second-order valence-corrected chi connectivity index (χ2v) is 8.62. The van der Waals surface area contributed by atoms with Crippen LogP contribution in [0.3, 0.4) is 0 Å². The third kappa shape index (κ3) is 2.18. The van der Waals surface area contributed by atoms with Crippen LogP contribution < -0.4 is 5.30 Å². The molecule has 0 radical (unpaired) electrons. The fourth-order valence-electron chi connectivity index (χ4n) is 5.21. The Morgan fingerprint density at radius 3 is 2.15 bits per heavy atom. The van der Waals surface area contributed by atoms with Crippen LogP contribution in [-0.4, -0.2) is 5.60 Å². The van der Waals surface area contributed by atoms with Crippen LogP contribution in [0, 0.1) is 24.7 Å². The van der Waals surface area contributed by atoms with E-state index in [9.17, 15) is 4.57 Å². The predicted molar refractivity (Wildman–Crippen MR) is 81.8 cm³/mol. The summed E-state index contributed by atoms with van der Waals surface area (Å²) in [7, 11) is -2.11. The summed E-state index contributed by atoms with van der Waals surface area (Å²) in [6.07, 6.45) is 7.65. The molecule has 0 heterocycles. The standard InChI is InChI=1S/C17H23O2P/c1-12-4-2-3-5-16(12)20(18)19-17-9-13-6-14(10-17)8-15(7-13)11-17/h2-5,13-15,20H,6-11H2,1H3. The highest BCUT2D eigenvalue weighted by atomic mass is 31.1. The lowest BCUT2D eigenvalue weighted by Gasteiger charge is -2.56. The van der Waals surface area contributed by atoms with Crippen molar-refractivity contribution in [1.29, 1.82) is 0 Å². The molecule has 1 aromatic carbocycles. The zero-order chi connectivity index (χ0) is 13.7. The Labute approximate surface area is 121 Å². The van der Waals surface area contributed by atoms with Crippen molar-refractivity contribution in [3.63, 3.8) is 0 Å². The first kappa shape index (κ1) is 13.1. The van der Waals surface area contributed by atoms with Crippen molar-refractivity contribution in [2.24, 2.45) is 17.8 Å². The molecule has 5 rings (SSSR count). The second-order valence-electron chi connectivity index (χ2n) is 7.31. The van der Waals surface area contributed by atoms with Crippen LogP contribution in [0.15, 0.2) is 24.3 Å². The van der Waals surface area contributed by atoms with Gasteiger partial charge in [-0.15, -0.1) is 0 Å². The SMILES string of the molecule is Cc1ccccc1[PH](=O)OC12CC3CC(CC(C3)C1)C2. The Bertz CT molecular complexity index is 516. The monoisotopic (exact) mass is 290 g/mol. The van der Waals surface area contributed by atoms with Gasteiger partial charge < -0.3 is 4.52 Å². The molecular formula is C17H23O2P. The van der Waals surface area contributed by atoms with Crippen LogP contribution in [0.4, 0.5) is 0 Å². The molecule has 0 spiro atoms. The zero-order valence-corrected chi connectivity index (χ0v) is 13.1. The van der Waals surface area contributed by atoms with Gasteiger partial charge in [0.05, 0.1) is 5.60 Å². The highest BCUT2D eigenvalue weighted by Crippen LogP contribution is 2.59. The summed E-state index contributed by atoms with van der Waals surface area (Å²) in [5.41, 5.74) is 1.05. The maximum atomic E-state index is 12.7. The summed E-state index contributed by atoms with van der Waals surface area (Å²) in [5, 5.41) is 0.924. The van der Waals surface area contributed by atoms with Gasteiger partial charge in [-0.2, -0.15) is 0 Å². The molecular weight excluding hydrogens is 267 g/mol. The molecule has 4 fully saturated rings. The Hall–Kier alpha value is -0.590.